The first-order valence-electron chi connectivity index (χ1n) is 3.71. The molecule has 1 nitrogen and oxygen atoms in total. The Labute approximate surface area is 56.4 Å². The Morgan fingerprint density at radius 2 is 2.44 bits per heavy atom. The van der Waals surface area contributed by atoms with Crippen molar-refractivity contribution in [3.05, 3.63) is 12.2 Å². The van der Waals surface area contributed by atoms with Crippen molar-refractivity contribution in [3.8, 4) is 0 Å². The zero-order valence-electron chi connectivity index (χ0n) is 5.71. The van der Waals surface area contributed by atoms with E-state index in [0.29, 0.717) is 6.61 Å². The molecular formula is C8H14O. The van der Waals surface area contributed by atoms with E-state index in [1.165, 1.54) is 19.3 Å². The SMILES string of the molecule is OCCCC1C=CCC1. The molecule has 0 amide bonds. The van der Waals surface area contributed by atoms with E-state index in [2.05, 4.69) is 12.2 Å². The molecule has 1 N–H and O–H groups in total. The molecular weight excluding hydrogens is 112 g/mol. The maximum absolute atomic E-state index is 8.50. The van der Waals surface area contributed by atoms with Crippen molar-refractivity contribution in [2.24, 2.45) is 5.92 Å². The van der Waals surface area contributed by atoms with Gasteiger partial charge < -0.3 is 5.11 Å². The van der Waals surface area contributed by atoms with E-state index in [1.54, 1.807) is 0 Å². The lowest BCUT2D eigenvalue weighted by Crippen LogP contribution is -1.93. The van der Waals surface area contributed by atoms with Gasteiger partial charge in [-0.1, -0.05) is 12.2 Å². The van der Waals surface area contributed by atoms with Gasteiger partial charge in [0.15, 0.2) is 0 Å². The third-order valence-corrected chi connectivity index (χ3v) is 1.85. The van der Waals surface area contributed by atoms with Crippen molar-refractivity contribution >= 4 is 0 Å². The molecule has 0 aromatic carbocycles. The molecule has 0 saturated carbocycles. The molecule has 1 unspecified atom stereocenters. The highest BCUT2D eigenvalue weighted by atomic mass is 16.2. The van der Waals surface area contributed by atoms with Gasteiger partial charge >= 0.3 is 0 Å². The molecule has 0 aromatic heterocycles. The quantitative estimate of drug-likeness (QED) is 0.571. The summed E-state index contributed by atoms with van der Waals surface area (Å²) in [5, 5.41) is 8.50. The van der Waals surface area contributed by atoms with E-state index >= 15 is 0 Å². The van der Waals surface area contributed by atoms with E-state index < -0.39 is 0 Å². The molecule has 0 aliphatic heterocycles. The van der Waals surface area contributed by atoms with Crippen LogP contribution in [0.15, 0.2) is 12.2 Å². The van der Waals surface area contributed by atoms with Crippen LogP contribution in [-0.4, -0.2) is 11.7 Å². The second-order valence-electron chi connectivity index (χ2n) is 2.63. The Morgan fingerprint density at radius 3 is 3.00 bits per heavy atom. The van der Waals surface area contributed by atoms with Crippen LogP contribution in [0.4, 0.5) is 0 Å². The summed E-state index contributed by atoms with van der Waals surface area (Å²) in [6, 6.07) is 0. The molecule has 0 aromatic rings. The molecule has 0 saturated heterocycles. The zero-order valence-corrected chi connectivity index (χ0v) is 5.71. The first-order valence-corrected chi connectivity index (χ1v) is 3.71. The Morgan fingerprint density at radius 1 is 1.56 bits per heavy atom. The highest BCUT2D eigenvalue weighted by Gasteiger charge is 2.06. The lowest BCUT2D eigenvalue weighted by atomic mass is 10.0. The van der Waals surface area contributed by atoms with Gasteiger partial charge in [0.1, 0.15) is 0 Å². The summed E-state index contributed by atoms with van der Waals surface area (Å²) in [6.45, 7) is 0.352. The van der Waals surface area contributed by atoms with Gasteiger partial charge in [-0.15, -0.1) is 0 Å². The third-order valence-electron chi connectivity index (χ3n) is 1.85. The van der Waals surface area contributed by atoms with Gasteiger partial charge in [-0.3, -0.25) is 0 Å². The molecule has 0 spiro atoms. The minimum Gasteiger partial charge on any atom is -0.396 e. The molecule has 1 rings (SSSR count). The molecule has 1 aliphatic carbocycles. The predicted octanol–water partition coefficient (Wildman–Crippen LogP) is 1.73. The fraction of sp³-hybridized carbons (Fsp3) is 0.750. The number of aliphatic hydroxyl groups excluding tert-OH is 1. The number of rotatable bonds is 3. The Hall–Kier alpha value is -0.300. The minimum absolute atomic E-state index is 0.352. The van der Waals surface area contributed by atoms with Crippen molar-refractivity contribution in [2.75, 3.05) is 6.61 Å². The van der Waals surface area contributed by atoms with Crippen molar-refractivity contribution < 1.29 is 5.11 Å². The van der Waals surface area contributed by atoms with Gasteiger partial charge in [-0.05, 0) is 31.6 Å². The monoisotopic (exact) mass is 126 g/mol. The summed E-state index contributed by atoms with van der Waals surface area (Å²) in [6.07, 6.45) is 9.20. The maximum atomic E-state index is 8.50. The lowest BCUT2D eigenvalue weighted by molar-refractivity contribution is 0.277. The summed E-state index contributed by atoms with van der Waals surface area (Å²) >= 11 is 0. The van der Waals surface area contributed by atoms with Gasteiger partial charge in [-0.25, -0.2) is 0 Å². The van der Waals surface area contributed by atoms with Crippen LogP contribution in [0.1, 0.15) is 25.7 Å². The van der Waals surface area contributed by atoms with Crippen LogP contribution in [0.3, 0.4) is 0 Å². The topological polar surface area (TPSA) is 20.2 Å². The number of hydrogen-bond acceptors (Lipinski definition) is 1. The van der Waals surface area contributed by atoms with Crippen molar-refractivity contribution in [1.82, 2.24) is 0 Å². The van der Waals surface area contributed by atoms with Crippen LogP contribution in [-0.2, 0) is 0 Å². The second-order valence-corrected chi connectivity index (χ2v) is 2.63. The smallest absolute Gasteiger partial charge is 0.0431 e. The maximum Gasteiger partial charge on any atom is 0.0431 e. The molecule has 0 heterocycles. The average Bonchev–Trinajstić information content (AvgIpc) is 2.34. The van der Waals surface area contributed by atoms with Crippen LogP contribution < -0.4 is 0 Å². The van der Waals surface area contributed by atoms with E-state index in [-0.39, 0.29) is 0 Å². The highest BCUT2D eigenvalue weighted by molar-refractivity contribution is 4.95. The average molecular weight is 126 g/mol. The molecule has 1 atom stereocenters. The molecule has 0 radical (unpaired) electrons. The van der Waals surface area contributed by atoms with Crippen LogP contribution in [0.2, 0.25) is 0 Å². The Balaban J connectivity index is 2.05. The molecule has 52 valence electrons. The first-order chi connectivity index (χ1) is 4.43. The fourth-order valence-corrected chi connectivity index (χ4v) is 1.29. The summed E-state index contributed by atoms with van der Waals surface area (Å²) in [4.78, 5) is 0. The zero-order chi connectivity index (χ0) is 6.53. The third kappa shape index (κ3) is 2.19. The first kappa shape index (κ1) is 6.81. The van der Waals surface area contributed by atoms with Crippen molar-refractivity contribution in [3.63, 3.8) is 0 Å². The Bertz CT molecular complexity index is 96.7. The van der Waals surface area contributed by atoms with Gasteiger partial charge in [0, 0.05) is 6.61 Å². The second kappa shape index (κ2) is 3.67. The van der Waals surface area contributed by atoms with Crippen LogP contribution in [0.5, 0.6) is 0 Å². The number of allylic oxidation sites excluding steroid dienone is 2. The molecule has 1 aliphatic rings. The van der Waals surface area contributed by atoms with Crippen molar-refractivity contribution in [2.45, 2.75) is 25.7 Å². The molecule has 9 heavy (non-hydrogen) atoms. The summed E-state index contributed by atoms with van der Waals surface area (Å²) in [7, 11) is 0. The minimum atomic E-state index is 0.352. The summed E-state index contributed by atoms with van der Waals surface area (Å²) < 4.78 is 0. The van der Waals surface area contributed by atoms with Crippen LogP contribution >= 0.6 is 0 Å². The molecule has 0 fully saturated rings. The van der Waals surface area contributed by atoms with E-state index in [0.717, 1.165) is 12.3 Å². The van der Waals surface area contributed by atoms with Crippen LogP contribution in [0.25, 0.3) is 0 Å². The summed E-state index contributed by atoms with van der Waals surface area (Å²) in [5.41, 5.74) is 0. The Kier molecular flexibility index (Phi) is 2.78. The van der Waals surface area contributed by atoms with E-state index in [9.17, 15) is 0 Å². The molecule has 0 bridgehead atoms. The predicted molar refractivity (Wildman–Crippen MR) is 38.2 cm³/mol. The van der Waals surface area contributed by atoms with E-state index in [4.69, 9.17) is 5.11 Å². The van der Waals surface area contributed by atoms with Crippen LogP contribution in [0, 0.1) is 5.92 Å². The van der Waals surface area contributed by atoms with Gasteiger partial charge in [0.25, 0.3) is 0 Å². The lowest BCUT2D eigenvalue weighted by Gasteiger charge is -2.03. The largest absolute Gasteiger partial charge is 0.396 e. The fourth-order valence-electron chi connectivity index (χ4n) is 1.29. The molecule has 1 heteroatoms. The van der Waals surface area contributed by atoms with Gasteiger partial charge in [-0.2, -0.15) is 0 Å². The van der Waals surface area contributed by atoms with Crippen molar-refractivity contribution in [1.29, 1.82) is 0 Å². The van der Waals surface area contributed by atoms with E-state index in [1.807, 2.05) is 0 Å². The standard InChI is InChI=1S/C8H14O/c9-7-3-6-8-4-1-2-5-8/h1,4,8-9H,2-3,5-7H2. The number of aliphatic hydroxyl groups is 1. The van der Waals surface area contributed by atoms with Gasteiger partial charge in [0.05, 0.1) is 0 Å². The summed E-state index contributed by atoms with van der Waals surface area (Å²) in [5.74, 6) is 0.775. The normalized spacial score (nSPS) is 25.2. The van der Waals surface area contributed by atoms with Gasteiger partial charge in [0.2, 0.25) is 0 Å². The highest BCUT2D eigenvalue weighted by Crippen LogP contribution is 2.21. The number of hydrogen-bond donors (Lipinski definition) is 1.